The zero-order valence-corrected chi connectivity index (χ0v) is 10.3. The van der Waals surface area contributed by atoms with E-state index in [0.717, 1.165) is 17.5 Å². The smallest absolute Gasteiger partial charge is 0.234 e. The van der Waals surface area contributed by atoms with E-state index in [1.54, 1.807) is 6.07 Å². The van der Waals surface area contributed by atoms with Gasteiger partial charge in [0.25, 0.3) is 0 Å². The van der Waals surface area contributed by atoms with Crippen LogP contribution in [0.5, 0.6) is 0 Å². The first kappa shape index (κ1) is 13.6. The molecule has 1 aromatic rings. The highest BCUT2D eigenvalue weighted by Crippen LogP contribution is 2.10. The second kappa shape index (κ2) is 6.35. The Morgan fingerprint density at radius 1 is 1.53 bits per heavy atom. The van der Waals surface area contributed by atoms with Crippen molar-refractivity contribution in [3.63, 3.8) is 0 Å². The lowest BCUT2D eigenvalue weighted by molar-refractivity contribution is -0.120. The fraction of sp³-hybridized carbons (Fsp3) is 0.462. The van der Waals surface area contributed by atoms with E-state index < -0.39 is 0 Å². The normalized spacial score (nSPS) is 12.4. The first-order valence-electron chi connectivity index (χ1n) is 5.82. The second-order valence-corrected chi connectivity index (χ2v) is 4.14. The Balaban J connectivity index is 2.48. The summed E-state index contributed by atoms with van der Waals surface area (Å²) in [7, 11) is 0. The molecule has 1 amide bonds. The lowest BCUT2D eigenvalue weighted by atomic mass is 10.1. The van der Waals surface area contributed by atoms with Crippen LogP contribution in [0.3, 0.4) is 0 Å². The van der Waals surface area contributed by atoms with Crippen LogP contribution >= 0.6 is 0 Å². The summed E-state index contributed by atoms with van der Waals surface area (Å²) in [6.07, 6.45) is 1.44. The van der Waals surface area contributed by atoms with Gasteiger partial charge in [0.15, 0.2) is 0 Å². The van der Waals surface area contributed by atoms with Gasteiger partial charge in [0.05, 0.1) is 6.04 Å². The van der Waals surface area contributed by atoms with Crippen LogP contribution in [-0.4, -0.2) is 18.5 Å². The molecule has 0 fully saturated rings. The van der Waals surface area contributed by atoms with Crippen molar-refractivity contribution >= 4 is 5.91 Å². The van der Waals surface area contributed by atoms with Crippen molar-refractivity contribution in [2.24, 2.45) is 5.73 Å². The molecule has 4 heteroatoms. The molecule has 0 heterocycles. The van der Waals surface area contributed by atoms with Crippen LogP contribution in [0.2, 0.25) is 0 Å². The number of benzene rings is 1. The van der Waals surface area contributed by atoms with Crippen molar-refractivity contribution < 1.29 is 9.18 Å². The first-order valence-corrected chi connectivity index (χ1v) is 5.82. The molecule has 3 nitrogen and oxygen atoms in total. The second-order valence-electron chi connectivity index (χ2n) is 4.14. The van der Waals surface area contributed by atoms with E-state index in [4.69, 9.17) is 5.73 Å². The van der Waals surface area contributed by atoms with E-state index >= 15 is 0 Å². The van der Waals surface area contributed by atoms with Crippen LogP contribution in [0.25, 0.3) is 0 Å². The van der Waals surface area contributed by atoms with Crippen molar-refractivity contribution in [3.8, 4) is 0 Å². The summed E-state index contributed by atoms with van der Waals surface area (Å²) >= 11 is 0. The topological polar surface area (TPSA) is 55.1 Å². The fourth-order valence-corrected chi connectivity index (χ4v) is 1.77. The lowest BCUT2D eigenvalue weighted by Crippen LogP contribution is -2.41. The highest BCUT2D eigenvalue weighted by molar-refractivity contribution is 5.79. The van der Waals surface area contributed by atoms with Crippen LogP contribution in [0.15, 0.2) is 18.2 Å². The van der Waals surface area contributed by atoms with Gasteiger partial charge in [0.2, 0.25) is 5.91 Å². The Morgan fingerprint density at radius 3 is 2.76 bits per heavy atom. The zero-order valence-electron chi connectivity index (χ0n) is 10.3. The molecule has 3 N–H and O–H groups in total. The molecule has 0 saturated carbocycles. The SMILES string of the molecule is CCC(NCCc1ccc(F)cc1C)C(N)=O. The van der Waals surface area contributed by atoms with Gasteiger partial charge in [-0.15, -0.1) is 0 Å². The molecule has 1 atom stereocenters. The summed E-state index contributed by atoms with van der Waals surface area (Å²) in [6.45, 7) is 4.45. The number of nitrogens with one attached hydrogen (secondary N) is 1. The maximum Gasteiger partial charge on any atom is 0.234 e. The molecule has 0 saturated heterocycles. The van der Waals surface area contributed by atoms with Crippen LogP contribution in [0.1, 0.15) is 24.5 Å². The minimum Gasteiger partial charge on any atom is -0.368 e. The number of primary amides is 1. The molecule has 0 aliphatic heterocycles. The van der Waals surface area contributed by atoms with Crippen LogP contribution in [-0.2, 0) is 11.2 Å². The van der Waals surface area contributed by atoms with Gasteiger partial charge in [0.1, 0.15) is 5.82 Å². The Morgan fingerprint density at radius 2 is 2.24 bits per heavy atom. The monoisotopic (exact) mass is 238 g/mol. The van der Waals surface area contributed by atoms with Gasteiger partial charge in [-0.3, -0.25) is 4.79 Å². The number of carbonyl (C=O) groups excluding carboxylic acids is 1. The third kappa shape index (κ3) is 4.15. The molecule has 0 aromatic heterocycles. The molecular weight excluding hydrogens is 219 g/mol. The summed E-state index contributed by atoms with van der Waals surface area (Å²) in [5, 5.41) is 3.09. The molecule has 17 heavy (non-hydrogen) atoms. The largest absolute Gasteiger partial charge is 0.368 e. The maximum atomic E-state index is 12.9. The Bertz CT molecular complexity index is 393. The minimum absolute atomic E-state index is 0.220. The van der Waals surface area contributed by atoms with E-state index in [-0.39, 0.29) is 17.8 Å². The van der Waals surface area contributed by atoms with E-state index in [1.807, 2.05) is 13.8 Å². The summed E-state index contributed by atoms with van der Waals surface area (Å²) in [5.41, 5.74) is 7.24. The Hall–Kier alpha value is -1.42. The van der Waals surface area contributed by atoms with Crippen LogP contribution in [0.4, 0.5) is 4.39 Å². The number of hydrogen-bond acceptors (Lipinski definition) is 2. The lowest BCUT2D eigenvalue weighted by Gasteiger charge is -2.13. The van der Waals surface area contributed by atoms with E-state index in [1.165, 1.54) is 12.1 Å². The number of aryl methyl sites for hydroxylation is 1. The third-order valence-electron chi connectivity index (χ3n) is 2.84. The van der Waals surface area contributed by atoms with Gasteiger partial charge >= 0.3 is 0 Å². The molecule has 1 unspecified atom stereocenters. The van der Waals surface area contributed by atoms with E-state index in [0.29, 0.717) is 13.0 Å². The molecule has 0 aliphatic rings. The molecule has 1 rings (SSSR count). The molecular formula is C13H19FN2O. The number of halogens is 1. The van der Waals surface area contributed by atoms with Crippen LogP contribution in [0, 0.1) is 12.7 Å². The van der Waals surface area contributed by atoms with Gasteiger partial charge in [-0.2, -0.15) is 0 Å². The molecule has 94 valence electrons. The van der Waals surface area contributed by atoms with Crippen molar-refractivity contribution in [2.45, 2.75) is 32.7 Å². The Labute approximate surface area is 101 Å². The predicted octanol–water partition coefficient (Wildman–Crippen LogP) is 1.53. The number of nitrogens with two attached hydrogens (primary N) is 1. The van der Waals surface area contributed by atoms with Crippen LogP contribution < -0.4 is 11.1 Å². The highest BCUT2D eigenvalue weighted by atomic mass is 19.1. The molecule has 0 aliphatic carbocycles. The van der Waals surface area contributed by atoms with Crippen molar-refractivity contribution in [2.75, 3.05) is 6.54 Å². The minimum atomic E-state index is -0.330. The standard InChI is InChI=1S/C13H19FN2O/c1-3-12(13(15)17)16-7-6-10-4-5-11(14)8-9(10)2/h4-5,8,12,16H,3,6-7H2,1-2H3,(H2,15,17). The van der Waals surface area contributed by atoms with Gasteiger partial charge < -0.3 is 11.1 Å². The van der Waals surface area contributed by atoms with E-state index in [9.17, 15) is 9.18 Å². The molecule has 0 radical (unpaired) electrons. The van der Waals surface area contributed by atoms with Gasteiger partial charge in [-0.05, 0) is 49.6 Å². The number of amides is 1. The summed E-state index contributed by atoms with van der Waals surface area (Å²) in [5.74, 6) is -0.550. The maximum absolute atomic E-state index is 12.9. The average Bonchev–Trinajstić information content (AvgIpc) is 2.26. The summed E-state index contributed by atoms with van der Waals surface area (Å²) in [6, 6.07) is 4.46. The third-order valence-corrected chi connectivity index (χ3v) is 2.84. The van der Waals surface area contributed by atoms with E-state index in [2.05, 4.69) is 5.32 Å². The number of hydrogen-bond donors (Lipinski definition) is 2. The predicted molar refractivity (Wildman–Crippen MR) is 66.1 cm³/mol. The Kier molecular flexibility index (Phi) is 5.10. The van der Waals surface area contributed by atoms with Crippen molar-refractivity contribution in [1.82, 2.24) is 5.32 Å². The number of rotatable bonds is 6. The van der Waals surface area contributed by atoms with Gasteiger partial charge in [-0.25, -0.2) is 4.39 Å². The molecule has 1 aromatic carbocycles. The van der Waals surface area contributed by atoms with Crippen molar-refractivity contribution in [1.29, 1.82) is 0 Å². The van der Waals surface area contributed by atoms with Gasteiger partial charge in [0, 0.05) is 0 Å². The average molecular weight is 238 g/mol. The van der Waals surface area contributed by atoms with Crippen molar-refractivity contribution in [3.05, 3.63) is 35.1 Å². The van der Waals surface area contributed by atoms with Gasteiger partial charge in [-0.1, -0.05) is 13.0 Å². The zero-order chi connectivity index (χ0) is 12.8. The fourth-order valence-electron chi connectivity index (χ4n) is 1.77. The molecule has 0 spiro atoms. The summed E-state index contributed by atoms with van der Waals surface area (Å²) in [4.78, 5) is 11.0. The molecule has 0 bridgehead atoms. The number of carbonyl (C=O) groups is 1. The quantitative estimate of drug-likeness (QED) is 0.789. The summed E-state index contributed by atoms with van der Waals surface area (Å²) < 4.78 is 12.9. The highest BCUT2D eigenvalue weighted by Gasteiger charge is 2.11. The first-order chi connectivity index (χ1) is 8.04.